The van der Waals surface area contributed by atoms with Gasteiger partial charge in [0.2, 0.25) is 5.91 Å². The van der Waals surface area contributed by atoms with Gasteiger partial charge in [0.05, 0.1) is 0 Å². The molecule has 1 unspecified atom stereocenters. The number of likely N-dealkylation sites (tertiary alicyclic amines) is 1. The number of rotatable bonds is 9. The van der Waals surface area contributed by atoms with E-state index in [1.165, 1.54) is 62.0 Å². The lowest BCUT2D eigenvalue weighted by atomic mass is 9.91. The second-order valence-corrected chi connectivity index (χ2v) is 10.4. The molecule has 7 rings (SSSR count). The normalized spacial score (nSPS) is 18.5. The van der Waals surface area contributed by atoms with Crippen molar-refractivity contribution < 1.29 is 4.79 Å². The molecule has 34 heavy (non-hydrogen) atoms. The molecule has 0 saturated carbocycles. The summed E-state index contributed by atoms with van der Waals surface area (Å²) in [7, 11) is 0. The first-order valence-electron chi connectivity index (χ1n) is 13.8. The third kappa shape index (κ3) is 6.95. The molecule has 1 atom stereocenters. The van der Waals surface area contributed by atoms with E-state index in [-0.39, 0.29) is 0 Å². The van der Waals surface area contributed by atoms with Crippen molar-refractivity contribution in [2.75, 3.05) is 32.7 Å². The van der Waals surface area contributed by atoms with Crippen LogP contribution in [0.2, 0.25) is 0 Å². The van der Waals surface area contributed by atoms with Gasteiger partial charge >= 0.3 is 0 Å². The zero-order valence-electron chi connectivity index (χ0n) is 21.5. The van der Waals surface area contributed by atoms with E-state index in [2.05, 4.69) is 61.2 Å². The monoisotopic (exact) mass is 460 g/mol. The van der Waals surface area contributed by atoms with Crippen molar-refractivity contribution in [3.05, 3.63) is 70.3 Å². The van der Waals surface area contributed by atoms with Crippen molar-refractivity contribution in [1.29, 1.82) is 0 Å². The average molecular weight is 461 g/mol. The Morgan fingerprint density at radius 1 is 0.941 bits per heavy atom. The van der Waals surface area contributed by atoms with Crippen LogP contribution in [0.1, 0.15) is 73.8 Å². The number of nitrogens with zero attached hydrogens (tertiary/aromatic N) is 2. The van der Waals surface area contributed by atoms with Crippen molar-refractivity contribution in [1.82, 2.24) is 9.80 Å². The molecule has 1 fully saturated rings. The minimum Gasteiger partial charge on any atom is -0.343 e. The van der Waals surface area contributed by atoms with Gasteiger partial charge in [-0.2, -0.15) is 0 Å². The van der Waals surface area contributed by atoms with Crippen LogP contribution in [0.25, 0.3) is 0 Å². The summed E-state index contributed by atoms with van der Waals surface area (Å²) in [4.78, 5) is 17.0. The molecule has 0 aromatic heterocycles. The molecular formula is C31H44N2O. The van der Waals surface area contributed by atoms with Crippen molar-refractivity contribution in [2.45, 2.75) is 78.1 Å². The predicted molar refractivity (Wildman–Crippen MR) is 142 cm³/mol. The number of hydrogen-bond acceptors (Lipinski definition) is 2. The zero-order valence-corrected chi connectivity index (χ0v) is 21.5. The minimum atomic E-state index is 0.338. The molecule has 2 aromatic rings. The highest BCUT2D eigenvalue weighted by Crippen LogP contribution is 2.23. The summed E-state index contributed by atoms with van der Waals surface area (Å²) in [5, 5.41) is 0. The van der Waals surface area contributed by atoms with E-state index in [1.54, 1.807) is 11.1 Å². The standard InChI is InChI=1S/C31H44N2O/c1-3-33(4-2)31(34)20-17-28-7-5-21-32(24-28)22-6-8-30-23-27-14-13-25-9-11-26(12-10-25)15-18-29(30)19-16-27/h9-12,16,19,23,28H,3-8,13-15,17-18,20-22,24H2,1-2H3. The molecule has 3 nitrogen and oxygen atoms in total. The van der Waals surface area contributed by atoms with Gasteiger partial charge in [0.15, 0.2) is 0 Å². The van der Waals surface area contributed by atoms with E-state index in [0.717, 1.165) is 51.6 Å². The van der Waals surface area contributed by atoms with Gasteiger partial charge in [-0.15, -0.1) is 0 Å². The van der Waals surface area contributed by atoms with Gasteiger partial charge in [0, 0.05) is 26.1 Å². The molecule has 4 bridgehead atoms. The summed E-state index contributed by atoms with van der Waals surface area (Å²) < 4.78 is 0. The van der Waals surface area contributed by atoms with E-state index in [1.807, 2.05) is 4.90 Å². The molecular weight excluding hydrogens is 416 g/mol. The lowest BCUT2D eigenvalue weighted by molar-refractivity contribution is -0.131. The van der Waals surface area contributed by atoms with E-state index in [4.69, 9.17) is 0 Å². The van der Waals surface area contributed by atoms with E-state index in [9.17, 15) is 4.79 Å². The fraction of sp³-hybridized carbons (Fsp3) is 0.581. The fourth-order valence-electron chi connectivity index (χ4n) is 5.90. The Kier molecular flexibility index (Phi) is 9.21. The Morgan fingerprint density at radius 2 is 1.62 bits per heavy atom. The SMILES string of the molecule is CCN(CC)C(=O)CCC1CCCN(CCCc2cc3ccc2CCc2ccc(cc2)CC3)C1. The Hall–Kier alpha value is -2.13. The summed E-state index contributed by atoms with van der Waals surface area (Å²) in [5.74, 6) is 1.02. The zero-order chi connectivity index (χ0) is 23.8. The third-order valence-corrected chi connectivity index (χ3v) is 8.09. The molecule has 1 aliphatic heterocycles. The van der Waals surface area contributed by atoms with Crippen LogP contribution in [-0.4, -0.2) is 48.4 Å². The Morgan fingerprint density at radius 3 is 2.35 bits per heavy atom. The molecule has 3 heteroatoms. The maximum atomic E-state index is 12.4. The van der Waals surface area contributed by atoms with Crippen molar-refractivity contribution in [2.24, 2.45) is 5.92 Å². The maximum absolute atomic E-state index is 12.4. The highest BCUT2D eigenvalue weighted by atomic mass is 16.2. The molecule has 0 radical (unpaired) electrons. The molecule has 184 valence electrons. The Labute approximate surface area is 207 Å². The van der Waals surface area contributed by atoms with E-state index >= 15 is 0 Å². The quantitative estimate of drug-likeness (QED) is 0.468. The summed E-state index contributed by atoms with van der Waals surface area (Å²) in [6.07, 6.45) is 11.3. The number of piperidine rings is 1. The molecule has 1 heterocycles. The summed E-state index contributed by atoms with van der Waals surface area (Å²) in [5.41, 5.74) is 7.51. The van der Waals surface area contributed by atoms with Crippen molar-refractivity contribution >= 4 is 5.91 Å². The fourth-order valence-corrected chi connectivity index (χ4v) is 5.90. The molecule has 1 amide bonds. The van der Waals surface area contributed by atoms with E-state index in [0.29, 0.717) is 11.8 Å². The van der Waals surface area contributed by atoms with Gasteiger partial charge in [0.1, 0.15) is 0 Å². The van der Waals surface area contributed by atoms with Gasteiger partial charge in [-0.3, -0.25) is 4.79 Å². The van der Waals surface area contributed by atoms with Gasteiger partial charge in [-0.25, -0.2) is 0 Å². The van der Waals surface area contributed by atoms with Crippen LogP contribution in [0.4, 0.5) is 0 Å². The van der Waals surface area contributed by atoms with Crippen molar-refractivity contribution in [3.63, 3.8) is 0 Å². The molecule has 0 spiro atoms. The first-order valence-corrected chi connectivity index (χ1v) is 13.8. The number of aryl methyl sites for hydroxylation is 5. The number of carbonyl (C=O) groups is 1. The van der Waals surface area contributed by atoms with Gasteiger partial charge in [-0.05, 0) is 118 Å². The summed E-state index contributed by atoms with van der Waals surface area (Å²) >= 11 is 0. The Balaban J connectivity index is 1.28. The lowest BCUT2D eigenvalue weighted by Gasteiger charge is -2.33. The molecule has 2 aromatic carbocycles. The second kappa shape index (κ2) is 12.5. The van der Waals surface area contributed by atoms with Crippen LogP contribution in [-0.2, 0) is 36.9 Å². The van der Waals surface area contributed by atoms with Gasteiger partial charge < -0.3 is 9.80 Å². The van der Waals surface area contributed by atoms with E-state index < -0.39 is 0 Å². The van der Waals surface area contributed by atoms with Crippen molar-refractivity contribution in [3.8, 4) is 0 Å². The third-order valence-electron chi connectivity index (χ3n) is 8.09. The molecule has 1 saturated heterocycles. The molecule has 0 N–H and O–H groups in total. The minimum absolute atomic E-state index is 0.338. The highest BCUT2D eigenvalue weighted by molar-refractivity contribution is 5.76. The predicted octanol–water partition coefficient (Wildman–Crippen LogP) is 5.86. The maximum Gasteiger partial charge on any atom is 0.222 e. The number of hydrogen-bond donors (Lipinski definition) is 0. The molecule has 4 aliphatic carbocycles. The Bertz CT molecular complexity index is 916. The number of benzene rings is 2. The number of amides is 1. The highest BCUT2D eigenvalue weighted by Gasteiger charge is 2.21. The van der Waals surface area contributed by atoms with Crippen LogP contribution < -0.4 is 0 Å². The smallest absolute Gasteiger partial charge is 0.222 e. The molecule has 5 aliphatic rings. The number of carbonyl (C=O) groups excluding carboxylic acids is 1. The van der Waals surface area contributed by atoms with Crippen LogP contribution in [0.15, 0.2) is 42.5 Å². The lowest BCUT2D eigenvalue weighted by Crippen LogP contribution is -2.37. The second-order valence-electron chi connectivity index (χ2n) is 10.4. The van der Waals surface area contributed by atoms with Crippen LogP contribution in [0.3, 0.4) is 0 Å². The average Bonchev–Trinajstić information content (AvgIpc) is 2.86. The van der Waals surface area contributed by atoms with Gasteiger partial charge in [0.25, 0.3) is 0 Å². The first kappa shape index (κ1) is 25.0. The van der Waals surface area contributed by atoms with Gasteiger partial charge in [-0.1, -0.05) is 42.5 Å². The topological polar surface area (TPSA) is 23.6 Å². The van der Waals surface area contributed by atoms with Crippen LogP contribution in [0.5, 0.6) is 0 Å². The largest absolute Gasteiger partial charge is 0.343 e. The first-order chi connectivity index (χ1) is 16.6. The van der Waals surface area contributed by atoms with Crippen LogP contribution in [0, 0.1) is 5.92 Å². The van der Waals surface area contributed by atoms with Crippen LogP contribution >= 0.6 is 0 Å². The summed E-state index contributed by atoms with van der Waals surface area (Å²) in [6, 6.07) is 16.5. The summed E-state index contributed by atoms with van der Waals surface area (Å²) in [6.45, 7) is 9.41.